The van der Waals surface area contributed by atoms with Crippen molar-refractivity contribution >= 4 is 23.2 Å². The Kier molecular flexibility index (Phi) is 6.17. The van der Waals surface area contributed by atoms with E-state index in [1.54, 1.807) is 30.3 Å². The molecule has 0 aliphatic rings. The molecule has 0 aromatic heterocycles. The second-order valence-corrected chi connectivity index (χ2v) is 5.07. The lowest BCUT2D eigenvalue weighted by Crippen LogP contribution is -2.29. The van der Waals surface area contributed by atoms with Crippen LogP contribution >= 0.6 is 11.6 Å². The van der Waals surface area contributed by atoms with E-state index in [0.717, 1.165) is 5.56 Å². The van der Waals surface area contributed by atoms with E-state index in [1.807, 2.05) is 12.1 Å². The van der Waals surface area contributed by atoms with Crippen LogP contribution in [-0.2, 0) is 11.3 Å². The molecule has 7 heteroatoms. The number of carbonyl (C=O) groups excluding carboxylic acids is 1. The summed E-state index contributed by atoms with van der Waals surface area (Å²) in [4.78, 5) is 11.8. The van der Waals surface area contributed by atoms with E-state index in [9.17, 15) is 13.6 Å². The Balaban J connectivity index is 1.83. The normalized spacial score (nSPS) is 10.4. The largest absolute Gasteiger partial charge is 0.433 e. The lowest BCUT2D eigenvalue weighted by molar-refractivity contribution is -0.119. The number of anilines is 1. The van der Waals surface area contributed by atoms with Crippen LogP contribution in [0.15, 0.2) is 48.5 Å². The number of para-hydroxylation sites is 2. The first-order valence-corrected chi connectivity index (χ1v) is 7.21. The van der Waals surface area contributed by atoms with Gasteiger partial charge in [0.2, 0.25) is 5.91 Å². The van der Waals surface area contributed by atoms with Crippen LogP contribution in [0.5, 0.6) is 5.75 Å². The molecule has 0 atom stereocenters. The van der Waals surface area contributed by atoms with Crippen LogP contribution in [-0.4, -0.2) is 19.1 Å². The van der Waals surface area contributed by atoms with Crippen molar-refractivity contribution in [3.63, 3.8) is 0 Å². The molecule has 0 saturated carbocycles. The number of nitrogens with one attached hydrogen (secondary N) is 2. The van der Waals surface area contributed by atoms with Crippen molar-refractivity contribution in [3.05, 3.63) is 59.1 Å². The van der Waals surface area contributed by atoms with Gasteiger partial charge in [-0.05, 0) is 29.8 Å². The summed E-state index contributed by atoms with van der Waals surface area (Å²) in [5.74, 6) is -0.278. The van der Waals surface area contributed by atoms with Gasteiger partial charge in [-0.25, -0.2) is 0 Å². The Bertz CT molecular complexity index is 651. The van der Waals surface area contributed by atoms with Crippen molar-refractivity contribution in [2.45, 2.75) is 13.2 Å². The average molecular weight is 341 g/mol. The average Bonchev–Trinajstić information content (AvgIpc) is 2.53. The zero-order chi connectivity index (χ0) is 16.7. The van der Waals surface area contributed by atoms with Gasteiger partial charge >= 0.3 is 6.61 Å². The summed E-state index contributed by atoms with van der Waals surface area (Å²) in [5.41, 5.74) is 1.23. The molecule has 0 saturated heterocycles. The molecule has 0 aliphatic carbocycles. The molecule has 0 aliphatic heterocycles. The first kappa shape index (κ1) is 17.0. The number of benzene rings is 2. The second kappa shape index (κ2) is 8.33. The van der Waals surface area contributed by atoms with E-state index in [-0.39, 0.29) is 18.2 Å². The van der Waals surface area contributed by atoms with E-state index >= 15 is 0 Å². The van der Waals surface area contributed by atoms with Gasteiger partial charge in [0.15, 0.2) is 0 Å². The summed E-state index contributed by atoms with van der Waals surface area (Å²) >= 11 is 5.78. The number of ether oxygens (including phenoxy) is 1. The molecular formula is C16H15ClF2N2O2. The maximum Gasteiger partial charge on any atom is 0.387 e. The molecule has 0 heterocycles. The topological polar surface area (TPSA) is 50.4 Å². The number of amides is 1. The van der Waals surface area contributed by atoms with Crippen molar-refractivity contribution in [2.75, 3.05) is 11.9 Å². The summed E-state index contributed by atoms with van der Waals surface area (Å²) in [7, 11) is 0. The fourth-order valence-corrected chi connectivity index (χ4v) is 1.98. The Morgan fingerprint density at radius 3 is 2.52 bits per heavy atom. The number of hydrogen-bond donors (Lipinski definition) is 2. The van der Waals surface area contributed by atoms with Gasteiger partial charge in [-0.15, -0.1) is 0 Å². The molecule has 2 N–H and O–H groups in total. The Morgan fingerprint density at radius 2 is 1.83 bits per heavy atom. The van der Waals surface area contributed by atoms with Crippen molar-refractivity contribution in [1.82, 2.24) is 5.32 Å². The molecule has 0 spiro atoms. The monoisotopic (exact) mass is 340 g/mol. The minimum absolute atomic E-state index is 0.00648. The summed E-state index contributed by atoms with van der Waals surface area (Å²) in [6.45, 7) is -2.62. The third-order valence-corrected chi connectivity index (χ3v) is 3.20. The zero-order valence-electron chi connectivity index (χ0n) is 12.1. The van der Waals surface area contributed by atoms with Gasteiger partial charge in [0, 0.05) is 11.6 Å². The van der Waals surface area contributed by atoms with Crippen LogP contribution in [0.25, 0.3) is 0 Å². The molecule has 0 bridgehead atoms. The molecule has 1 amide bonds. The van der Waals surface area contributed by atoms with Crippen molar-refractivity contribution in [2.24, 2.45) is 0 Å². The first-order chi connectivity index (χ1) is 11.0. The molecular weight excluding hydrogens is 326 g/mol. The number of carbonyl (C=O) groups is 1. The second-order valence-electron chi connectivity index (χ2n) is 4.63. The van der Waals surface area contributed by atoms with Crippen molar-refractivity contribution in [3.8, 4) is 5.75 Å². The quantitative estimate of drug-likeness (QED) is 0.808. The Morgan fingerprint density at radius 1 is 1.13 bits per heavy atom. The van der Waals surface area contributed by atoms with Crippen molar-refractivity contribution in [1.29, 1.82) is 0 Å². The molecule has 4 nitrogen and oxygen atoms in total. The number of rotatable bonds is 7. The summed E-state index contributed by atoms with van der Waals surface area (Å²) in [5, 5.41) is 6.11. The Labute approximate surface area is 137 Å². The maximum atomic E-state index is 12.3. The van der Waals surface area contributed by atoms with Gasteiger partial charge in [-0.1, -0.05) is 35.9 Å². The molecule has 0 radical (unpaired) electrons. The highest BCUT2D eigenvalue weighted by Gasteiger charge is 2.10. The predicted octanol–water partition coefficient (Wildman–Crippen LogP) is 3.67. The molecule has 0 fully saturated rings. The third-order valence-electron chi connectivity index (χ3n) is 2.95. The highest BCUT2D eigenvalue weighted by atomic mass is 35.5. The van der Waals surface area contributed by atoms with Crippen LogP contribution in [0.1, 0.15) is 5.56 Å². The fraction of sp³-hybridized carbons (Fsp3) is 0.188. The van der Waals surface area contributed by atoms with E-state index in [2.05, 4.69) is 15.4 Å². The van der Waals surface area contributed by atoms with Crippen LogP contribution in [0.2, 0.25) is 5.02 Å². The lowest BCUT2D eigenvalue weighted by atomic mass is 10.2. The standard InChI is InChI=1S/C16H15ClF2N2O2/c17-12-7-5-11(6-8-12)9-21-15(22)10-20-13-3-1-2-4-14(13)23-16(18)19/h1-8,16,20H,9-10H2,(H,21,22). The Hall–Kier alpha value is -2.34. The van der Waals surface area contributed by atoms with E-state index in [0.29, 0.717) is 17.3 Å². The highest BCUT2D eigenvalue weighted by Crippen LogP contribution is 2.25. The van der Waals surface area contributed by atoms with Gasteiger partial charge in [0.05, 0.1) is 12.2 Å². The summed E-state index contributed by atoms with van der Waals surface area (Å²) in [6.07, 6.45) is 0. The summed E-state index contributed by atoms with van der Waals surface area (Å²) in [6, 6.07) is 13.3. The SMILES string of the molecule is O=C(CNc1ccccc1OC(F)F)NCc1ccc(Cl)cc1. The van der Waals surface area contributed by atoms with Crippen LogP contribution in [0, 0.1) is 0 Å². The summed E-state index contributed by atoms with van der Waals surface area (Å²) < 4.78 is 29.0. The van der Waals surface area contributed by atoms with E-state index in [1.165, 1.54) is 6.07 Å². The minimum Gasteiger partial charge on any atom is -0.433 e. The predicted molar refractivity (Wildman–Crippen MR) is 84.9 cm³/mol. The lowest BCUT2D eigenvalue weighted by Gasteiger charge is -2.12. The van der Waals surface area contributed by atoms with Crippen LogP contribution in [0.4, 0.5) is 14.5 Å². The minimum atomic E-state index is -2.92. The number of alkyl halides is 2. The first-order valence-electron chi connectivity index (χ1n) is 6.83. The molecule has 2 rings (SSSR count). The number of hydrogen-bond acceptors (Lipinski definition) is 3. The van der Waals surface area contributed by atoms with Crippen LogP contribution < -0.4 is 15.4 Å². The van der Waals surface area contributed by atoms with Gasteiger partial charge in [0.25, 0.3) is 0 Å². The van der Waals surface area contributed by atoms with E-state index in [4.69, 9.17) is 11.6 Å². The smallest absolute Gasteiger partial charge is 0.387 e. The van der Waals surface area contributed by atoms with E-state index < -0.39 is 6.61 Å². The van der Waals surface area contributed by atoms with Gasteiger partial charge < -0.3 is 15.4 Å². The molecule has 2 aromatic carbocycles. The van der Waals surface area contributed by atoms with Crippen molar-refractivity contribution < 1.29 is 18.3 Å². The number of halogens is 3. The van der Waals surface area contributed by atoms with Gasteiger partial charge in [-0.3, -0.25) is 4.79 Å². The third kappa shape index (κ3) is 5.75. The highest BCUT2D eigenvalue weighted by molar-refractivity contribution is 6.30. The fourth-order valence-electron chi connectivity index (χ4n) is 1.85. The zero-order valence-corrected chi connectivity index (χ0v) is 12.8. The molecule has 23 heavy (non-hydrogen) atoms. The molecule has 0 unspecified atom stereocenters. The maximum absolute atomic E-state index is 12.3. The van der Waals surface area contributed by atoms with Gasteiger partial charge in [-0.2, -0.15) is 8.78 Å². The molecule has 122 valence electrons. The molecule has 2 aromatic rings. The van der Waals surface area contributed by atoms with Crippen LogP contribution in [0.3, 0.4) is 0 Å². The van der Waals surface area contributed by atoms with Gasteiger partial charge in [0.1, 0.15) is 5.75 Å².